The van der Waals surface area contributed by atoms with Crippen molar-refractivity contribution in [3.63, 3.8) is 0 Å². The van der Waals surface area contributed by atoms with Gasteiger partial charge in [0.25, 0.3) is 0 Å². The quantitative estimate of drug-likeness (QED) is 0.498. The van der Waals surface area contributed by atoms with E-state index in [1.54, 1.807) is 0 Å². The largest absolute Gasteiger partial charge is 0.393 e. The summed E-state index contributed by atoms with van der Waals surface area (Å²) in [4.78, 5) is 0.604. The Morgan fingerprint density at radius 1 is 1.25 bits per heavy atom. The summed E-state index contributed by atoms with van der Waals surface area (Å²) < 4.78 is 5.58. The minimum absolute atomic E-state index is 0.0311. The van der Waals surface area contributed by atoms with Crippen molar-refractivity contribution in [3.05, 3.63) is 0 Å². The smallest absolute Gasteiger partial charge is 0.0784 e. The van der Waals surface area contributed by atoms with Gasteiger partial charge in [0, 0.05) is 18.6 Å². The van der Waals surface area contributed by atoms with E-state index in [-0.39, 0.29) is 5.41 Å². The molecule has 0 aliphatic heterocycles. The Hall–Kier alpha value is -0.150. The van der Waals surface area contributed by atoms with E-state index in [0.29, 0.717) is 4.99 Å². The summed E-state index contributed by atoms with van der Waals surface area (Å²) in [7, 11) is 0. The molecule has 3 heteroatoms. The van der Waals surface area contributed by atoms with Gasteiger partial charge in [0.15, 0.2) is 0 Å². The van der Waals surface area contributed by atoms with Gasteiger partial charge in [0.05, 0.1) is 4.99 Å². The number of hydrogen-bond acceptors (Lipinski definition) is 2. The number of hydrogen-bond donors (Lipinski definition) is 1. The Morgan fingerprint density at radius 3 is 2.31 bits per heavy atom. The lowest BCUT2D eigenvalue weighted by molar-refractivity contribution is 0.120. The second-order valence-corrected chi connectivity index (χ2v) is 5.94. The lowest BCUT2D eigenvalue weighted by Gasteiger charge is -2.22. The van der Waals surface area contributed by atoms with Crippen molar-refractivity contribution in [2.75, 3.05) is 13.2 Å². The van der Waals surface area contributed by atoms with Crippen molar-refractivity contribution < 1.29 is 4.74 Å². The molecule has 0 rings (SSSR count). The standard InChI is InChI=1S/C13H27NOS/c1-11(2)7-5-9-15-10-6-8-13(3,4)12(14)16/h11H,5-10H2,1-4H3,(H2,14,16). The highest BCUT2D eigenvalue weighted by Crippen LogP contribution is 2.22. The molecule has 96 valence electrons. The van der Waals surface area contributed by atoms with Crippen LogP contribution in [-0.4, -0.2) is 18.2 Å². The molecular weight excluding hydrogens is 218 g/mol. The van der Waals surface area contributed by atoms with Gasteiger partial charge in [-0.05, 0) is 31.6 Å². The molecule has 0 aliphatic rings. The van der Waals surface area contributed by atoms with Crippen LogP contribution in [0.5, 0.6) is 0 Å². The third-order valence-electron chi connectivity index (χ3n) is 2.83. The molecule has 0 aromatic carbocycles. The highest BCUT2D eigenvalue weighted by molar-refractivity contribution is 7.80. The van der Waals surface area contributed by atoms with E-state index in [2.05, 4.69) is 27.7 Å². The van der Waals surface area contributed by atoms with Crippen molar-refractivity contribution in [2.24, 2.45) is 17.1 Å². The molecule has 0 aromatic heterocycles. The molecule has 0 unspecified atom stereocenters. The van der Waals surface area contributed by atoms with Crippen molar-refractivity contribution in [1.82, 2.24) is 0 Å². The minimum atomic E-state index is -0.0311. The summed E-state index contributed by atoms with van der Waals surface area (Å²) >= 11 is 5.02. The molecule has 0 atom stereocenters. The van der Waals surface area contributed by atoms with E-state index < -0.39 is 0 Å². The summed E-state index contributed by atoms with van der Waals surface area (Å²) in [6.07, 6.45) is 4.45. The Kier molecular flexibility index (Phi) is 7.94. The normalized spacial score (nSPS) is 12.1. The molecule has 16 heavy (non-hydrogen) atoms. The molecule has 0 saturated carbocycles. The number of thiocarbonyl (C=S) groups is 1. The predicted octanol–water partition coefficient (Wildman–Crippen LogP) is 3.53. The fourth-order valence-corrected chi connectivity index (χ4v) is 1.54. The van der Waals surface area contributed by atoms with Gasteiger partial charge in [-0.2, -0.15) is 0 Å². The molecule has 2 nitrogen and oxygen atoms in total. The molecule has 0 radical (unpaired) electrons. The Balaban J connectivity index is 3.37. The fraction of sp³-hybridized carbons (Fsp3) is 0.923. The predicted molar refractivity (Wildman–Crippen MR) is 74.7 cm³/mol. The topological polar surface area (TPSA) is 35.2 Å². The number of nitrogens with two attached hydrogens (primary N) is 1. The molecule has 0 aromatic rings. The van der Waals surface area contributed by atoms with Crippen molar-refractivity contribution >= 4 is 17.2 Å². The maximum atomic E-state index is 5.66. The second-order valence-electron chi connectivity index (χ2n) is 5.50. The second kappa shape index (κ2) is 8.02. The van der Waals surface area contributed by atoms with E-state index >= 15 is 0 Å². The van der Waals surface area contributed by atoms with Gasteiger partial charge in [0.1, 0.15) is 0 Å². The van der Waals surface area contributed by atoms with Gasteiger partial charge in [-0.25, -0.2) is 0 Å². The van der Waals surface area contributed by atoms with Gasteiger partial charge in [-0.15, -0.1) is 0 Å². The third-order valence-corrected chi connectivity index (χ3v) is 3.38. The van der Waals surface area contributed by atoms with Gasteiger partial charge < -0.3 is 10.5 Å². The first-order valence-corrected chi connectivity index (χ1v) is 6.64. The zero-order valence-corrected chi connectivity index (χ0v) is 12.0. The Bertz CT molecular complexity index is 202. The molecule has 0 bridgehead atoms. The summed E-state index contributed by atoms with van der Waals surface area (Å²) in [6.45, 7) is 10.4. The Labute approximate surface area is 106 Å². The monoisotopic (exact) mass is 245 g/mol. The molecule has 0 amide bonds. The molecule has 2 N–H and O–H groups in total. The first-order valence-electron chi connectivity index (χ1n) is 6.24. The highest BCUT2D eigenvalue weighted by atomic mass is 32.1. The molecular formula is C13H27NOS. The third kappa shape index (κ3) is 8.05. The molecule has 0 aliphatic carbocycles. The van der Waals surface area contributed by atoms with Crippen LogP contribution in [0.15, 0.2) is 0 Å². The van der Waals surface area contributed by atoms with Crippen LogP contribution in [0.3, 0.4) is 0 Å². The zero-order chi connectivity index (χ0) is 12.6. The summed E-state index contributed by atoms with van der Waals surface area (Å²) in [5.41, 5.74) is 5.63. The van der Waals surface area contributed by atoms with Gasteiger partial charge >= 0.3 is 0 Å². The number of ether oxygens (including phenoxy) is 1. The van der Waals surface area contributed by atoms with Crippen LogP contribution >= 0.6 is 12.2 Å². The first kappa shape index (κ1) is 15.9. The highest BCUT2D eigenvalue weighted by Gasteiger charge is 2.20. The molecule has 0 spiro atoms. The molecule has 0 heterocycles. The SMILES string of the molecule is CC(C)CCCOCCCC(C)(C)C(N)=S. The van der Waals surface area contributed by atoms with Crippen LogP contribution in [0.2, 0.25) is 0 Å². The van der Waals surface area contributed by atoms with E-state index in [9.17, 15) is 0 Å². The summed E-state index contributed by atoms with van der Waals surface area (Å²) in [5.74, 6) is 0.775. The van der Waals surface area contributed by atoms with E-state index in [4.69, 9.17) is 22.7 Å². The maximum Gasteiger partial charge on any atom is 0.0784 e. The lowest BCUT2D eigenvalue weighted by Crippen LogP contribution is -2.29. The fourth-order valence-electron chi connectivity index (χ4n) is 1.44. The zero-order valence-electron chi connectivity index (χ0n) is 11.2. The van der Waals surface area contributed by atoms with Crippen LogP contribution in [0.4, 0.5) is 0 Å². The van der Waals surface area contributed by atoms with Crippen molar-refractivity contribution in [3.8, 4) is 0 Å². The number of rotatable bonds is 9. The van der Waals surface area contributed by atoms with Crippen LogP contribution in [0.25, 0.3) is 0 Å². The summed E-state index contributed by atoms with van der Waals surface area (Å²) in [5, 5.41) is 0. The first-order chi connectivity index (χ1) is 7.36. The van der Waals surface area contributed by atoms with E-state index in [0.717, 1.165) is 38.4 Å². The van der Waals surface area contributed by atoms with Crippen LogP contribution < -0.4 is 5.73 Å². The lowest BCUT2D eigenvalue weighted by atomic mass is 9.88. The average Bonchev–Trinajstić information content (AvgIpc) is 2.15. The molecule has 0 saturated heterocycles. The van der Waals surface area contributed by atoms with Crippen molar-refractivity contribution in [1.29, 1.82) is 0 Å². The van der Waals surface area contributed by atoms with Crippen LogP contribution in [-0.2, 0) is 4.74 Å². The molecule has 0 fully saturated rings. The van der Waals surface area contributed by atoms with Crippen molar-refractivity contribution in [2.45, 2.75) is 53.4 Å². The summed E-state index contributed by atoms with van der Waals surface area (Å²) in [6, 6.07) is 0. The Morgan fingerprint density at radius 2 is 1.81 bits per heavy atom. The van der Waals surface area contributed by atoms with Gasteiger partial charge in [0.2, 0.25) is 0 Å². The van der Waals surface area contributed by atoms with Crippen LogP contribution in [0, 0.1) is 11.3 Å². The van der Waals surface area contributed by atoms with Gasteiger partial charge in [-0.1, -0.05) is 39.9 Å². The minimum Gasteiger partial charge on any atom is -0.393 e. The maximum absolute atomic E-state index is 5.66. The average molecular weight is 245 g/mol. The van der Waals surface area contributed by atoms with E-state index in [1.165, 1.54) is 6.42 Å². The van der Waals surface area contributed by atoms with E-state index in [1.807, 2.05) is 0 Å². The van der Waals surface area contributed by atoms with Crippen LogP contribution in [0.1, 0.15) is 53.4 Å². The van der Waals surface area contributed by atoms with Gasteiger partial charge in [-0.3, -0.25) is 0 Å².